The van der Waals surface area contributed by atoms with Crippen LogP contribution in [-0.4, -0.2) is 11.1 Å². The monoisotopic (exact) mass is 296 g/mol. The maximum Gasteiger partial charge on any atom is 0.335 e. The fourth-order valence-electron chi connectivity index (χ4n) is 2.21. The zero-order valence-electron chi connectivity index (χ0n) is 13.0. The van der Waals surface area contributed by atoms with E-state index in [1.807, 2.05) is 57.2 Å². The number of hydrogen-bond acceptors (Lipinski definition) is 2. The summed E-state index contributed by atoms with van der Waals surface area (Å²) in [7, 11) is 0. The van der Waals surface area contributed by atoms with Crippen molar-refractivity contribution in [2.45, 2.75) is 26.9 Å². The van der Waals surface area contributed by atoms with Gasteiger partial charge in [0.2, 0.25) is 0 Å². The molecule has 0 bridgehead atoms. The maximum absolute atomic E-state index is 11.2. The molecular formula is C19H20O3. The van der Waals surface area contributed by atoms with Crippen LogP contribution in [-0.2, 0) is 0 Å². The molecule has 0 aliphatic rings. The Bertz CT molecular complexity index is 687. The molecule has 0 fully saturated rings. The average molecular weight is 296 g/mol. The van der Waals surface area contributed by atoms with E-state index in [4.69, 9.17) is 9.84 Å². The minimum Gasteiger partial charge on any atom is -0.485 e. The van der Waals surface area contributed by atoms with Gasteiger partial charge in [0.05, 0.1) is 5.56 Å². The lowest BCUT2D eigenvalue weighted by atomic mass is 10.0. The number of hydrogen-bond donors (Lipinski definition) is 1. The number of carboxylic acids is 1. The van der Waals surface area contributed by atoms with Crippen molar-refractivity contribution >= 4 is 11.5 Å². The first-order valence-electron chi connectivity index (χ1n) is 7.25. The second kappa shape index (κ2) is 6.94. The summed E-state index contributed by atoms with van der Waals surface area (Å²) in [6.07, 6.45) is 1.83. The largest absolute Gasteiger partial charge is 0.485 e. The Labute approximate surface area is 130 Å². The Kier molecular flexibility index (Phi) is 4.99. The van der Waals surface area contributed by atoms with Gasteiger partial charge in [0, 0.05) is 5.56 Å². The summed E-state index contributed by atoms with van der Waals surface area (Å²) in [4.78, 5) is 11.2. The van der Waals surface area contributed by atoms with Crippen molar-refractivity contribution in [3.63, 3.8) is 0 Å². The lowest BCUT2D eigenvalue weighted by Gasteiger charge is -2.18. The Balaban J connectivity index is 2.36. The van der Waals surface area contributed by atoms with Crippen molar-refractivity contribution in [3.8, 4) is 5.75 Å². The van der Waals surface area contributed by atoms with Crippen LogP contribution in [0.15, 0.2) is 54.6 Å². The fraction of sp³-hybridized carbons (Fsp3) is 0.211. The van der Waals surface area contributed by atoms with Gasteiger partial charge in [-0.15, -0.1) is 0 Å². The smallest absolute Gasteiger partial charge is 0.335 e. The van der Waals surface area contributed by atoms with E-state index in [2.05, 4.69) is 0 Å². The first kappa shape index (κ1) is 15.8. The van der Waals surface area contributed by atoms with E-state index >= 15 is 0 Å². The molecule has 2 aromatic rings. The van der Waals surface area contributed by atoms with Gasteiger partial charge in [-0.3, -0.25) is 0 Å². The molecule has 2 aromatic carbocycles. The van der Waals surface area contributed by atoms with Gasteiger partial charge in [0.25, 0.3) is 0 Å². The molecule has 1 atom stereocenters. The summed E-state index contributed by atoms with van der Waals surface area (Å²) < 4.78 is 6.06. The standard InChI is InChI=1S/C19H20O3/c1-4-13(2)17-12-16(19(20)21)10-11-18(17)22-14(3)15-8-6-5-7-9-15/h4-12,14H,1-3H3,(H,20,21). The molecule has 0 spiro atoms. The lowest BCUT2D eigenvalue weighted by molar-refractivity contribution is 0.0697. The van der Waals surface area contributed by atoms with Crippen LogP contribution in [0.25, 0.3) is 5.57 Å². The predicted molar refractivity (Wildman–Crippen MR) is 88.2 cm³/mol. The number of rotatable bonds is 5. The zero-order chi connectivity index (χ0) is 16.1. The van der Waals surface area contributed by atoms with Gasteiger partial charge in [0.15, 0.2) is 0 Å². The summed E-state index contributed by atoms with van der Waals surface area (Å²) in [6.45, 7) is 5.85. The third-order valence-corrected chi connectivity index (χ3v) is 3.66. The van der Waals surface area contributed by atoms with E-state index in [0.29, 0.717) is 5.75 Å². The molecule has 114 valence electrons. The quantitative estimate of drug-likeness (QED) is 0.849. The van der Waals surface area contributed by atoms with Gasteiger partial charge >= 0.3 is 5.97 Å². The molecule has 0 aliphatic carbocycles. The highest BCUT2D eigenvalue weighted by Crippen LogP contribution is 2.31. The van der Waals surface area contributed by atoms with Crippen molar-refractivity contribution in [1.82, 2.24) is 0 Å². The highest BCUT2D eigenvalue weighted by Gasteiger charge is 2.14. The van der Waals surface area contributed by atoms with Gasteiger partial charge in [-0.1, -0.05) is 36.4 Å². The van der Waals surface area contributed by atoms with Crippen molar-refractivity contribution in [3.05, 3.63) is 71.3 Å². The topological polar surface area (TPSA) is 46.5 Å². The minimum atomic E-state index is -0.937. The first-order chi connectivity index (χ1) is 10.5. The van der Waals surface area contributed by atoms with Gasteiger partial charge in [-0.25, -0.2) is 4.79 Å². The molecule has 3 heteroatoms. The second-order valence-electron chi connectivity index (χ2n) is 5.16. The molecule has 0 aromatic heterocycles. The normalized spacial score (nSPS) is 12.8. The first-order valence-corrected chi connectivity index (χ1v) is 7.25. The van der Waals surface area contributed by atoms with Crippen LogP contribution in [0.2, 0.25) is 0 Å². The number of carboxylic acid groups (broad SMARTS) is 1. The molecule has 2 rings (SSSR count). The van der Waals surface area contributed by atoms with Crippen molar-refractivity contribution in [2.24, 2.45) is 0 Å². The van der Waals surface area contributed by atoms with Crippen LogP contribution in [0.5, 0.6) is 5.75 Å². The number of carbonyl (C=O) groups is 1. The molecular weight excluding hydrogens is 276 g/mol. The number of allylic oxidation sites excluding steroid dienone is 2. The zero-order valence-corrected chi connectivity index (χ0v) is 13.0. The molecule has 1 N–H and O–H groups in total. The number of aromatic carboxylic acids is 1. The molecule has 22 heavy (non-hydrogen) atoms. The Morgan fingerprint density at radius 1 is 1.18 bits per heavy atom. The summed E-state index contributed by atoms with van der Waals surface area (Å²) in [5.41, 5.74) is 3.13. The molecule has 0 aliphatic heterocycles. The molecule has 0 saturated carbocycles. The van der Waals surface area contributed by atoms with Gasteiger partial charge in [-0.2, -0.15) is 0 Å². The number of benzene rings is 2. The Morgan fingerprint density at radius 3 is 2.45 bits per heavy atom. The summed E-state index contributed by atoms with van der Waals surface area (Å²) in [5.74, 6) is -0.246. The van der Waals surface area contributed by atoms with Crippen LogP contribution < -0.4 is 4.74 Å². The highest BCUT2D eigenvalue weighted by atomic mass is 16.5. The second-order valence-corrected chi connectivity index (χ2v) is 5.16. The van der Waals surface area contributed by atoms with E-state index < -0.39 is 5.97 Å². The van der Waals surface area contributed by atoms with E-state index in [1.54, 1.807) is 18.2 Å². The highest BCUT2D eigenvalue weighted by molar-refractivity contribution is 5.89. The third kappa shape index (κ3) is 3.55. The van der Waals surface area contributed by atoms with Crippen molar-refractivity contribution < 1.29 is 14.6 Å². The van der Waals surface area contributed by atoms with Crippen LogP contribution >= 0.6 is 0 Å². The van der Waals surface area contributed by atoms with E-state index in [9.17, 15) is 4.79 Å². The molecule has 3 nitrogen and oxygen atoms in total. The molecule has 0 radical (unpaired) electrons. The van der Waals surface area contributed by atoms with Crippen molar-refractivity contribution in [2.75, 3.05) is 0 Å². The van der Waals surface area contributed by atoms with Gasteiger partial charge < -0.3 is 9.84 Å². The summed E-state index contributed by atoms with van der Waals surface area (Å²) >= 11 is 0. The summed E-state index contributed by atoms with van der Waals surface area (Å²) in [6, 6.07) is 14.9. The Morgan fingerprint density at radius 2 is 1.86 bits per heavy atom. The fourth-order valence-corrected chi connectivity index (χ4v) is 2.21. The van der Waals surface area contributed by atoms with Crippen LogP contribution in [0.4, 0.5) is 0 Å². The van der Waals surface area contributed by atoms with Gasteiger partial charge in [0.1, 0.15) is 11.9 Å². The molecule has 0 saturated heterocycles. The lowest BCUT2D eigenvalue weighted by Crippen LogP contribution is -2.06. The molecule has 0 heterocycles. The SMILES string of the molecule is CC=C(C)c1cc(C(=O)O)ccc1OC(C)c1ccccc1. The van der Waals surface area contributed by atoms with E-state index in [0.717, 1.165) is 16.7 Å². The maximum atomic E-state index is 11.2. The number of ether oxygens (including phenoxy) is 1. The van der Waals surface area contributed by atoms with Crippen LogP contribution in [0, 0.1) is 0 Å². The molecule has 1 unspecified atom stereocenters. The third-order valence-electron chi connectivity index (χ3n) is 3.66. The molecule has 0 amide bonds. The predicted octanol–water partition coefficient (Wildman–Crippen LogP) is 4.95. The van der Waals surface area contributed by atoms with Crippen molar-refractivity contribution in [1.29, 1.82) is 0 Å². The minimum absolute atomic E-state index is 0.111. The van der Waals surface area contributed by atoms with Crippen LogP contribution in [0.3, 0.4) is 0 Å². The van der Waals surface area contributed by atoms with Gasteiger partial charge in [-0.05, 0) is 50.1 Å². The van der Waals surface area contributed by atoms with E-state index in [-0.39, 0.29) is 11.7 Å². The van der Waals surface area contributed by atoms with Crippen LogP contribution in [0.1, 0.15) is 48.4 Å². The Hall–Kier alpha value is -2.55. The average Bonchev–Trinajstić information content (AvgIpc) is 2.55. The van der Waals surface area contributed by atoms with E-state index in [1.165, 1.54) is 0 Å². The summed E-state index contributed by atoms with van der Waals surface area (Å²) in [5, 5.41) is 9.15.